The first-order valence-electron chi connectivity index (χ1n) is 13.0. The van der Waals surface area contributed by atoms with Gasteiger partial charge in [0.1, 0.15) is 5.58 Å². The predicted octanol–water partition coefficient (Wildman–Crippen LogP) is 10.1. The maximum atomic E-state index is 6.55. The van der Waals surface area contributed by atoms with Crippen LogP contribution in [0.5, 0.6) is 0 Å². The Kier molecular flexibility index (Phi) is 3.82. The first-order valence-corrected chi connectivity index (χ1v) is 13.0. The zero-order valence-corrected chi connectivity index (χ0v) is 20.5. The van der Waals surface area contributed by atoms with Crippen LogP contribution in [0.1, 0.15) is 0 Å². The number of rotatable bonds is 1. The monoisotopic (exact) mass is 483 g/mol. The van der Waals surface area contributed by atoms with Crippen molar-refractivity contribution in [3.05, 3.63) is 127 Å². The van der Waals surface area contributed by atoms with Crippen molar-refractivity contribution in [1.82, 2.24) is 4.57 Å². The summed E-state index contributed by atoms with van der Waals surface area (Å²) in [6, 6.07) is 45.8. The highest BCUT2D eigenvalue weighted by Gasteiger charge is 2.21. The van der Waals surface area contributed by atoms with Gasteiger partial charge >= 0.3 is 0 Å². The Bertz CT molecular complexity index is 2370. The molecule has 0 saturated carbocycles. The number of aromatic nitrogens is 1. The molecule has 0 radical (unpaired) electrons. The lowest BCUT2D eigenvalue weighted by Crippen LogP contribution is -1.96. The number of hydrogen-bond donors (Lipinski definition) is 0. The van der Waals surface area contributed by atoms with E-state index in [1.54, 1.807) is 0 Å². The van der Waals surface area contributed by atoms with Crippen LogP contribution >= 0.6 is 0 Å². The summed E-state index contributed by atoms with van der Waals surface area (Å²) in [6.45, 7) is 0. The van der Waals surface area contributed by atoms with Gasteiger partial charge in [-0.3, -0.25) is 0 Å². The smallest absolute Gasteiger partial charge is 0.159 e. The van der Waals surface area contributed by atoms with Gasteiger partial charge in [-0.1, -0.05) is 109 Å². The number of fused-ring (bicyclic) bond motifs is 13. The lowest BCUT2D eigenvalue weighted by Gasteiger charge is -2.14. The molecule has 0 aliphatic rings. The second-order valence-electron chi connectivity index (χ2n) is 10.1. The minimum atomic E-state index is 0.914. The minimum absolute atomic E-state index is 0.914. The van der Waals surface area contributed by atoms with Crippen LogP contribution in [0.4, 0.5) is 0 Å². The summed E-state index contributed by atoms with van der Waals surface area (Å²) in [4.78, 5) is 0. The normalized spacial score (nSPS) is 12.2. The van der Waals surface area contributed by atoms with Crippen molar-refractivity contribution in [2.45, 2.75) is 0 Å². The molecule has 2 heteroatoms. The molecule has 2 aromatic heterocycles. The van der Waals surface area contributed by atoms with Crippen LogP contribution in [0.3, 0.4) is 0 Å². The molecule has 9 rings (SSSR count). The molecule has 0 atom stereocenters. The third-order valence-electron chi connectivity index (χ3n) is 8.16. The van der Waals surface area contributed by atoms with E-state index < -0.39 is 0 Å². The maximum Gasteiger partial charge on any atom is 0.159 e. The molecule has 0 bridgehead atoms. The Morgan fingerprint density at radius 1 is 0.395 bits per heavy atom. The highest BCUT2D eigenvalue weighted by molar-refractivity contribution is 6.33. The van der Waals surface area contributed by atoms with Crippen molar-refractivity contribution < 1.29 is 4.42 Å². The third kappa shape index (κ3) is 2.47. The van der Waals surface area contributed by atoms with Crippen molar-refractivity contribution in [2.24, 2.45) is 0 Å². The molecule has 176 valence electrons. The summed E-state index contributed by atoms with van der Waals surface area (Å²) in [6.07, 6.45) is 0. The molecule has 0 fully saturated rings. The Morgan fingerprint density at radius 3 is 1.74 bits per heavy atom. The maximum absolute atomic E-state index is 6.55. The van der Waals surface area contributed by atoms with Crippen LogP contribution in [0.2, 0.25) is 0 Å². The lowest BCUT2D eigenvalue weighted by atomic mass is 9.93. The number of hydrogen-bond acceptors (Lipinski definition) is 1. The van der Waals surface area contributed by atoms with Crippen LogP contribution in [0.25, 0.3) is 81.7 Å². The van der Waals surface area contributed by atoms with Crippen molar-refractivity contribution in [1.29, 1.82) is 0 Å². The molecule has 0 unspecified atom stereocenters. The van der Waals surface area contributed by atoms with Gasteiger partial charge in [-0.2, -0.15) is 0 Å². The van der Waals surface area contributed by atoms with E-state index in [0.29, 0.717) is 0 Å². The van der Waals surface area contributed by atoms with Gasteiger partial charge in [-0.15, -0.1) is 0 Å². The molecule has 7 aromatic carbocycles. The fourth-order valence-electron chi connectivity index (χ4n) is 6.60. The Morgan fingerprint density at radius 2 is 0.947 bits per heavy atom. The van der Waals surface area contributed by atoms with Gasteiger partial charge in [-0.05, 0) is 45.1 Å². The largest absolute Gasteiger partial charge is 0.454 e. The van der Waals surface area contributed by atoms with E-state index in [-0.39, 0.29) is 0 Å². The van der Waals surface area contributed by atoms with Crippen molar-refractivity contribution in [3.63, 3.8) is 0 Å². The van der Waals surface area contributed by atoms with Gasteiger partial charge in [-0.25, -0.2) is 0 Å². The van der Waals surface area contributed by atoms with Crippen molar-refractivity contribution >= 4 is 76.1 Å². The molecule has 0 saturated heterocycles. The number of nitrogens with zero attached hydrogens (tertiary/aromatic N) is 1. The Hall–Kier alpha value is -5.08. The van der Waals surface area contributed by atoms with Crippen LogP contribution in [0, 0.1) is 0 Å². The first-order chi connectivity index (χ1) is 18.9. The topological polar surface area (TPSA) is 18.1 Å². The summed E-state index contributed by atoms with van der Waals surface area (Å²) < 4.78 is 8.98. The van der Waals surface area contributed by atoms with E-state index >= 15 is 0 Å². The van der Waals surface area contributed by atoms with E-state index in [2.05, 4.69) is 126 Å². The molecule has 0 aliphatic heterocycles. The van der Waals surface area contributed by atoms with Gasteiger partial charge in [0.2, 0.25) is 0 Å². The predicted molar refractivity (Wildman–Crippen MR) is 161 cm³/mol. The average Bonchev–Trinajstić information content (AvgIpc) is 3.53. The quantitative estimate of drug-likeness (QED) is 0.212. The van der Waals surface area contributed by atoms with Gasteiger partial charge < -0.3 is 8.98 Å². The summed E-state index contributed by atoms with van der Waals surface area (Å²) in [5.41, 5.74) is 5.30. The molecular formula is C36H21NO. The Balaban J connectivity index is 1.59. The average molecular weight is 484 g/mol. The molecule has 0 amide bonds. The SMILES string of the molecule is c1ccc2c(c1)oc1c(-n3c4ccccc4c4ccc5c6ccccc6c6ccccc6c5c43)cccc12. The molecule has 9 aromatic rings. The van der Waals surface area contributed by atoms with E-state index in [1.165, 1.54) is 54.1 Å². The zero-order valence-electron chi connectivity index (χ0n) is 20.5. The van der Waals surface area contributed by atoms with Gasteiger partial charge in [0.25, 0.3) is 0 Å². The van der Waals surface area contributed by atoms with Crippen molar-refractivity contribution in [2.75, 3.05) is 0 Å². The van der Waals surface area contributed by atoms with Crippen LogP contribution in [-0.4, -0.2) is 4.57 Å². The van der Waals surface area contributed by atoms with Gasteiger partial charge in [0, 0.05) is 26.9 Å². The summed E-state index contributed by atoms with van der Waals surface area (Å²) >= 11 is 0. The van der Waals surface area contributed by atoms with E-state index in [1.807, 2.05) is 6.07 Å². The molecule has 2 nitrogen and oxygen atoms in total. The molecule has 0 N–H and O–H groups in total. The number of para-hydroxylation sites is 3. The standard InChI is InChI=1S/C36H21NO/c1-2-12-24-22(10-1)23-11-3-4-15-27(23)34-28(24)20-21-29-25-13-5-7-17-31(25)37(35(29)34)32-18-9-16-30-26-14-6-8-19-33(26)38-36(30)32/h1-21H. The minimum Gasteiger partial charge on any atom is -0.454 e. The number of benzene rings is 7. The third-order valence-corrected chi connectivity index (χ3v) is 8.16. The molecule has 0 aliphatic carbocycles. The Labute approximate surface area is 217 Å². The van der Waals surface area contributed by atoms with E-state index in [4.69, 9.17) is 4.42 Å². The van der Waals surface area contributed by atoms with Crippen LogP contribution < -0.4 is 0 Å². The fraction of sp³-hybridized carbons (Fsp3) is 0. The fourth-order valence-corrected chi connectivity index (χ4v) is 6.60. The van der Waals surface area contributed by atoms with Crippen LogP contribution in [0.15, 0.2) is 132 Å². The molecule has 38 heavy (non-hydrogen) atoms. The van der Waals surface area contributed by atoms with Gasteiger partial charge in [0.05, 0.1) is 16.7 Å². The van der Waals surface area contributed by atoms with E-state index in [0.717, 1.165) is 27.6 Å². The summed E-state index contributed by atoms with van der Waals surface area (Å²) in [5, 5.41) is 12.4. The molecule has 0 spiro atoms. The second kappa shape index (κ2) is 7.24. The highest BCUT2D eigenvalue weighted by atomic mass is 16.3. The molecular weight excluding hydrogens is 462 g/mol. The van der Waals surface area contributed by atoms with Gasteiger partial charge in [0.15, 0.2) is 5.58 Å². The second-order valence-corrected chi connectivity index (χ2v) is 10.1. The summed E-state index contributed by atoms with van der Waals surface area (Å²) in [7, 11) is 0. The molecule has 2 heterocycles. The zero-order chi connectivity index (χ0) is 24.8. The van der Waals surface area contributed by atoms with Crippen molar-refractivity contribution in [3.8, 4) is 5.69 Å². The van der Waals surface area contributed by atoms with Crippen LogP contribution in [-0.2, 0) is 0 Å². The lowest BCUT2D eigenvalue weighted by molar-refractivity contribution is 0.666. The summed E-state index contributed by atoms with van der Waals surface area (Å²) in [5.74, 6) is 0. The number of furan rings is 1. The first kappa shape index (κ1) is 20.0. The van der Waals surface area contributed by atoms with E-state index in [9.17, 15) is 0 Å². The highest BCUT2D eigenvalue weighted by Crippen LogP contribution is 2.44.